The Labute approximate surface area is 110 Å². The maximum absolute atomic E-state index is 11.3. The first kappa shape index (κ1) is 12.7. The molecule has 0 aromatic heterocycles. The van der Waals surface area contributed by atoms with Crippen LogP contribution < -0.4 is 5.32 Å². The molecule has 2 rings (SSSR count). The molecule has 0 bridgehead atoms. The lowest BCUT2D eigenvalue weighted by Crippen LogP contribution is -2.29. The lowest BCUT2D eigenvalue weighted by Gasteiger charge is -2.06. The largest absolute Gasteiger partial charge is 0.375 e. The lowest BCUT2D eigenvalue weighted by molar-refractivity contribution is -0.124. The topological polar surface area (TPSA) is 38.3 Å². The molecule has 1 fully saturated rings. The van der Waals surface area contributed by atoms with E-state index in [0.29, 0.717) is 16.0 Å². The van der Waals surface area contributed by atoms with Gasteiger partial charge in [0.2, 0.25) is 5.91 Å². The van der Waals surface area contributed by atoms with Gasteiger partial charge in [0.25, 0.3) is 0 Å². The van der Waals surface area contributed by atoms with Crippen LogP contribution in [0.1, 0.15) is 17.9 Å². The predicted octanol–water partition coefficient (Wildman–Crippen LogP) is 2.61. The summed E-state index contributed by atoms with van der Waals surface area (Å²) < 4.78 is 4.76. The SMILES string of the molecule is COCC(=O)N[C@@H]1C[C@H]1c1ccc(Cl)cc1Cl. The minimum absolute atomic E-state index is 0.0925. The molecule has 17 heavy (non-hydrogen) atoms. The molecule has 1 N–H and O–H groups in total. The van der Waals surface area contributed by atoms with Gasteiger partial charge in [-0.05, 0) is 24.1 Å². The highest BCUT2D eigenvalue weighted by Gasteiger charge is 2.40. The second-order valence-corrected chi connectivity index (χ2v) is 4.96. The molecule has 1 aromatic rings. The fourth-order valence-corrected chi connectivity index (χ4v) is 2.43. The Morgan fingerprint density at radius 1 is 1.53 bits per heavy atom. The van der Waals surface area contributed by atoms with E-state index in [0.717, 1.165) is 12.0 Å². The Bertz CT molecular complexity index is 437. The molecular weight excluding hydrogens is 261 g/mol. The summed E-state index contributed by atoms with van der Waals surface area (Å²) >= 11 is 11.9. The van der Waals surface area contributed by atoms with Crippen molar-refractivity contribution in [3.8, 4) is 0 Å². The number of ether oxygens (including phenoxy) is 1. The molecule has 0 spiro atoms. The van der Waals surface area contributed by atoms with Crippen LogP contribution in [0.15, 0.2) is 18.2 Å². The third-order valence-electron chi connectivity index (χ3n) is 2.77. The highest BCUT2D eigenvalue weighted by molar-refractivity contribution is 6.35. The maximum atomic E-state index is 11.3. The van der Waals surface area contributed by atoms with Gasteiger partial charge in [-0.1, -0.05) is 29.3 Å². The standard InChI is InChI=1S/C12H13Cl2NO2/c1-17-6-12(16)15-11-5-9(11)8-3-2-7(13)4-10(8)14/h2-4,9,11H,5-6H2,1H3,(H,15,16)/t9-,11+/m0/s1. The van der Waals surface area contributed by atoms with Crippen molar-refractivity contribution in [1.82, 2.24) is 5.32 Å². The van der Waals surface area contributed by atoms with Crippen molar-refractivity contribution >= 4 is 29.1 Å². The van der Waals surface area contributed by atoms with E-state index in [4.69, 9.17) is 27.9 Å². The number of carbonyl (C=O) groups is 1. The summed E-state index contributed by atoms with van der Waals surface area (Å²) in [5.41, 5.74) is 1.04. The number of amides is 1. The van der Waals surface area contributed by atoms with Gasteiger partial charge in [0.15, 0.2) is 0 Å². The Morgan fingerprint density at radius 3 is 2.94 bits per heavy atom. The number of rotatable bonds is 4. The van der Waals surface area contributed by atoms with Gasteiger partial charge in [0.05, 0.1) is 0 Å². The molecule has 1 aliphatic rings. The molecule has 2 atom stereocenters. The van der Waals surface area contributed by atoms with Crippen molar-refractivity contribution in [2.45, 2.75) is 18.4 Å². The van der Waals surface area contributed by atoms with Gasteiger partial charge in [-0.15, -0.1) is 0 Å². The van der Waals surface area contributed by atoms with E-state index >= 15 is 0 Å². The number of hydrogen-bond donors (Lipinski definition) is 1. The average Bonchev–Trinajstić information content (AvgIpc) is 2.97. The van der Waals surface area contributed by atoms with Crippen molar-refractivity contribution in [2.75, 3.05) is 13.7 Å². The highest BCUT2D eigenvalue weighted by Crippen LogP contribution is 2.44. The zero-order valence-electron chi connectivity index (χ0n) is 9.37. The zero-order valence-corrected chi connectivity index (χ0v) is 10.9. The second kappa shape index (κ2) is 5.25. The van der Waals surface area contributed by atoms with Gasteiger partial charge in [-0.3, -0.25) is 4.79 Å². The van der Waals surface area contributed by atoms with Crippen LogP contribution in [-0.4, -0.2) is 25.7 Å². The van der Waals surface area contributed by atoms with Gasteiger partial charge in [0, 0.05) is 29.1 Å². The first-order chi connectivity index (χ1) is 8.11. The average molecular weight is 274 g/mol. The lowest BCUT2D eigenvalue weighted by atomic mass is 10.1. The summed E-state index contributed by atoms with van der Waals surface area (Å²) in [5, 5.41) is 4.17. The van der Waals surface area contributed by atoms with E-state index in [9.17, 15) is 4.79 Å². The molecule has 0 unspecified atom stereocenters. The number of methoxy groups -OCH3 is 1. The van der Waals surface area contributed by atoms with E-state index in [1.165, 1.54) is 7.11 Å². The summed E-state index contributed by atoms with van der Waals surface area (Å²) in [7, 11) is 1.50. The number of benzene rings is 1. The minimum Gasteiger partial charge on any atom is -0.375 e. The zero-order chi connectivity index (χ0) is 12.4. The third kappa shape index (κ3) is 3.12. The van der Waals surface area contributed by atoms with Gasteiger partial charge >= 0.3 is 0 Å². The quantitative estimate of drug-likeness (QED) is 0.916. The van der Waals surface area contributed by atoms with Crippen LogP contribution in [-0.2, 0) is 9.53 Å². The first-order valence-corrected chi connectivity index (χ1v) is 6.10. The molecule has 1 aromatic carbocycles. The van der Waals surface area contributed by atoms with Gasteiger partial charge in [-0.2, -0.15) is 0 Å². The van der Waals surface area contributed by atoms with Crippen LogP contribution in [0.3, 0.4) is 0 Å². The molecule has 92 valence electrons. The Morgan fingerprint density at radius 2 is 2.29 bits per heavy atom. The van der Waals surface area contributed by atoms with Crippen LogP contribution in [0.5, 0.6) is 0 Å². The first-order valence-electron chi connectivity index (χ1n) is 5.35. The molecule has 0 radical (unpaired) electrons. The van der Waals surface area contributed by atoms with Crippen LogP contribution >= 0.6 is 23.2 Å². The monoisotopic (exact) mass is 273 g/mol. The summed E-state index contributed by atoms with van der Waals surface area (Å²) in [6.45, 7) is 0.0948. The molecule has 1 amide bonds. The molecule has 1 aliphatic carbocycles. The summed E-state index contributed by atoms with van der Waals surface area (Å²) in [5.74, 6) is 0.200. The van der Waals surface area contributed by atoms with E-state index in [1.807, 2.05) is 12.1 Å². The van der Waals surface area contributed by atoms with Gasteiger partial charge in [0.1, 0.15) is 6.61 Å². The predicted molar refractivity (Wildman–Crippen MR) is 67.6 cm³/mol. The van der Waals surface area contributed by atoms with Crippen molar-refractivity contribution in [3.63, 3.8) is 0 Å². The second-order valence-electron chi connectivity index (χ2n) is 4.12. The molecular formula is C12H13Cl2NO2. The molecule has 0 aliphatic heterocycles. The maximum Gasteiger partial charge on any atom is 0.246 e. The molecule has 5 heteroatoms. The van der Waals surface area contributed by atoms with Crippen LogP contribution in [0.25, 0.3) is 0 Å². The molecule has 3 nitrogen and oxygen atoms in total. The van der Waals surface area contributed by atoms with Crippen LogP contribution in [0.4, 0.5) is 0 Å². The van der Waals surface area contributed by atoms with Gasteiger partial charge < -0.3 is 10.1 Å². The molecule has 1 saturated carbocycles. The normalized spacial score (nSPS) is 22.3. The fraction of sp³-hybridized carbons (Fsp3) is 0.417. The van der Waals surface area contributed by atoms with Crippen molar-refractivity contribution in [3.05, 3.63) is 33.8 Å². The van der Waals surface area contributed by atoms with Crippen LogP contribution in [0, 0.1) is 0 Å². The van der Waals surface area contributed by atoms with Crippen molar-refractivity contribution in [1.29, 1.82) is 0 Å². The smallest absolute Gasteiger partial charge is 0.246 e. The van der Waals surface area contributed by atoms with E-state index < -0.39 is 0 Å². The van der Waals surface area contributed by atoms with E-state index in [2.05, 4.69) is 5.32 Å². The molecule has 0 saturated heterocycles. The summed E-state index contributed by atoms with van der Waals surface area (Å²) in [6.07, 6.45) is 0.913. The van der Waals surface area contributed by atoms with E-state index in [-0.39, 0.29) is 18.6 Å². The number of carbonyl (C=O) groups excluding carboxylic acids is 1. The molecule has 0 heterocycles. The van der Waals surface area contributed by atoms with Crippen LogP contribution in [0.2, 0.25) is 10.0 Å². The summed E-state index contributed by atoms with van der Waals surface area (Å²) in [6, 6.07) is 5.62. The summed E-state index contributed by atoms with van der Waals surface area (Å²) in [4.78, 5) is 11.3. The highest BCUT2D eigenvalue weighted by atomic mass is 35.5. The fourth-order valence-electron chi connectivity index (χ4n) is 1.88. The number of halogens is 2. The minimum atomic E-state index is -0.0925. The Kier molecular flexibility index (Phi) is 3.92. The third-order valence-corrected chi connectivity index (χ3v) is 3.34. The number of hydrogen-bond acceptors (Lipinski definition) is 2. The van der Waals surface area contributed by atoms with Crippen molar-refractivity contribution < 1.29 is 9.53 Å². The van der Waals surface area contributed by atoms with Crippen molar-refractivity contribution in [2.24, 2.45) is 0 Å². The Balaban J connectivity index is 1.96. The number of nitrogens with one attached hydrogen (secondary N) is 1. The Hall–Kier alpha value is -0.770. The van der Waals surface area contributed by atoms with Gasteiger partial charge in [-0.25, -0.2) is 0 Å². The van der Waals surface area contributed by atoms with E-state index in [1.54, 1.807) is 6.07 Å².